The standard InChI is InChI=1S/C13H28N4/c1-16-6-7-17(2)13(11-16)10-15-9-12-4-3-5-14-8-12/h12-15H,3-11H2,1-2H3. The molecule has 2 fully saturated rings. The molecule has 100 valence electrons. The van der Waals surface area contributed by atoms with Crippen LogP contribution in [0.5, 0.6) is 0 Å². The lowest BCUT2D eigenvalue weighted by Crippen LogP contribution is -2.54. The summed E-state index contributed by atoms with van der Waals surface area (Å²) in [4.78, 5) is 4.93. The summed E-state index contributed by atoms with van der Waals surface area (Å²) in [6.45, 7) is 8.35. The van der Waals surface area contributed by atoms with Gasteiger partial charge in [-0.2, -0.15) is 0 Å². The highest BCUT2D eigenvalue weighted by Crippen LogP contribution is 2.09. The van der Waals surface area contributed by atoms with Gasteiger partial charge in [-0.15, -0.1) is 0 Å². The minimum absolute atomic E-state index is 0.685. The second-order valence-electron chi connectivity index (χ2n) is 5.77. The molecule has 17 heavy (non-hydrogen) atoms. The number of piperidine rings is 1. The van der Waals surface area contributed by atoms with Crippen LogP contribution in [0.3, 0.4) is 0 Å². The van der Waals surface area contributed by atoms with Gasteiger partial charge in [0.25, 0.3) is 0 Å². The Balaban J connectivity index is 1.63. The second kappa shape index (κ2) is 6.69. The molecule has 0 amide bonds. The first-order chi connectivity index (χ1) is 8.25. The molecule has 2 aliphatic heterocycles. The maximum absolute atomic E-state index is 3.67. The first-order valence-electron chi connectivity index (χ1n) is 7.06. The average Bonchev–Trinajstić information content (AvgIpc) is 2.35. The van der Waals surface area contributed by atoms with Crippen LogP contribution in [0.1, 0.15) is 12.8 Å². The topological polar surface area (TPSA) is 30.5 Å². The molecule has 0 spiro atoms. The van der Waals surface area contributed by atoms with Crippen LogP contribution >= 0.6 is 0 Å². The van der Waals surface area contributed by atoms with Crippen molar-refractivity contribution in [1.82, 2.24) is 20.4 Å². The van der Waals surface area contributed by atoms with Crippen LogP contribution in [0.2, 0.25) is 0 Å². The Kier molecular flexibility index (Phi) is 5.22. The van der Waals surface area contributed by atoms with E-state index in [4.69, 9.17) is 0 Å². The van der Waals surface area contributed by atoms with Gasteiger partial charge < -0.3 is 15.5 Å². The lowest BCUT2D eigenvalue weighted by atomic mass is 9.99. The summed E-state index contributed by atoms with van der Waals surface area (Å²) in [5.74, 6) is 0.843. The molecule has 2 heterocycles. The van der Waals surface area contributed by atoms with Crippen molar-refractivity contribution in [3.05, 3.63) is 0 Å². The number of rotatable bonds is 4. The van der Waals surface area contributed by atoms with E-state index in [1.54, 1.807) is 0 Å². The fourth-order valence-electron chi connectivity index (χ4n) is 2.87. The lowest BCUT2D eigenvalue weighted by Gasteiger charge is -2.38. The Morgan fingerprint density at radius 2 is 2.12 bits per heavy atom. The maximum Gasteiger partial charge on any atom is 0.0345 e. The zero-order valence-electron chi connectivity index (χ0n) is 11.4. The van der Waals surface area contributed by atoms with Gasteiger partial charge in [-0.05, 0) is 52.5 Å². The zero-order valence-corrected chi connectivity index (χ0v) is 11.4. The molecule has 0 aromatic heterocycles. The van der Waals surface area contributed by atoms with Crippen molar-refractivity contribution in [1.29, 1.82) is 0 Å². The lowest BCUT2D eigenvalue weighted by molar-refractivity contribution is 0.112. The highest BCUT2D eigenvalue weighted by molar-refractivity contribution is 4.81. The molecule has 0 aromatic carbocycles. The molecule has 4 heteroatoms. The molecule has 2 unspecified atom stereocenters. The second-order valence-corrected chi connectivity index (χ2v) is 5.77. The Morgan fingerprint density at radius 1 is 1.24 bits per heavy atom. The number of nitrogens with one attached hydrogen (secondary N) is 2. The van der Waals surface area contributed by atoms with E-state index in [1.165, 1.54) is 52.1 Å². The third kappa shape index (κ3) is 4.21. The van der Waals surface area contributed by atoms with Crippen molar-refractivity contribution >= 4 is 0 Å². The summed E-state index contributed by atoms with van der Waals surface area (Å²) in [7, 11) is 4.48. The molecule has 0 saturated carbocycles. The van der Waals surface area contributed by atoms with E-state index in [2.05, 4.69) is 34.5 Å². The molecule has 2 aliphatic rings. The molecule has 2 rings (SSSR count). The van der Waals surface area contributed by atoms with Crippen LogP contribution in [-0.2, 0) is 0 Å². The molecule has 0 radical (unpaired) electrons. The molecule has 0 aromatic rings. The smallest absolute Gasteiger partial charge is 0.0345 e. The predicted molar refractivity (Wildman–Crippen MR) is 72.4 cm³/mol. The first-order valence-corrected chi connectivity index (χ1v) is 7.06. The average molecular weight is 240 g/mol. The first kappa shape index (κ1) is 13.3. The van der Waals surface area contributed by atoms with E-state index >= 15 is 0 Å². The molecule has 0 aliphatic carbocycles. The third-order valence-corrected chi connectivity index (χ3v) is 4.19. The molecule has 0 bridgehead atoms. The maximum atomic E-state index is 3.67. The molecular formula is C13H28N4. The highest BCUT2D eigenvalue weighted by Gasteiger charge is 2.22. The summed E-state index contributed by atoms with van der Waals surface area (Å²) in [5.41, 5.74) is 0. The summed E-state index contributed by atoms with van der Waals surface area (Å²) >= 11 is 0. The van der Waals surface area contributed by atoms with Gasteiger partial charge in [0.05, 0.1) is 0 Å². The Bertz CT molecular complexity index is 215. The van der Waals surface area contributed by atoms with E-state index in [9.17, 15) is 0 Å². The summed E-state index contributed by atoms with van der Waals surface area (Å²) in [6, 6.07) is 0.685. The Labute approximate surface area is 106 Å². The zero-order chi connectivity index (χ0) is 12.1. The molecule has 2 saturated heterocycles. The van der Waals surface area contributed by atoms with E-state index < -0.39 is 0 Å². The van der Waals surface area contributed by atoms with Gasteiger partial charge in [0.2, 0.25) is 0 Å². The number of likely N-dealkylation sites (N-methyl/N-ethyl adjacent to an activating group) is 2. The van der Waals surface area contributed by atoms with Crippen molar-refractivity contribution in [2.75, 3.05) is 59.9 Å². The van der Waals surface area contributed by atoms with Crippen molar-refractivity contribution in [2.24, 2.45) is 5.92 Å². The van der Waals surface area contributed by atoms with Crippen LogP contribution < -0.4 is 10.6 Å². The SMILES string of the molecule is CN1CCN(C)C(CNCC2CCCNC2)C1. The Hall–Kier alpha value is -0.160. The van der Waals surface area contributed by atoms with Gasteiger partial charge in [0, 0.05) is 32.2 Å². The van der Waals surface area contributed by atoms with Crippen LogP contribution in [-0.4, -0.2) is 75.8 Å². The summed E-state index contributed by atoms with van der Waals surface area (Å²) < 4.78 is 0. The van der Waals surface area contributed by atoms with Gasteiger partial charge >= 0.3 is 0 Å². The van der Waals surface area contributed by atoms with Gasteiger partial charge in [0.15, 0.2) is 0 Å². The fourth-order valence-corrected chi connectivity index (χ4v) is 2.87. The normalized spacial score (nSPS) is 32.8. The van der Waals surface area contributed by atoms with Crippen molar-refractivity contribution in [3.63, 3.8) is 0 Å². The van der Waals surface area contributed by atoms with Crippen LogP contribution in [0.15, 0.2) is 0 Å². The number of hydrogen-bond acceptors (Lipinski definition) is 4. The molecule has 4 nitrogen and oxygen atoms in total. The summed E-state index contributed by atoms with van der Waals surface area (Å²) in [5, 5.41) is 7.15. The van der Waals surface area contributed by atoms with Gasteiger partial charge in [0.1, 0.15) is 0 Å². The van der Waals surface area contributed by atoms with E-state index in [0.29, 0.717) is 6.04 Å². The van der Waals surface area contributed by atoms with Gasteiger partial charge in [-0.1, -0.05) is 0 Å². The molecule has 2 atom stereocenters. The molecular weight excluding hydrogens is 212 g/mol. The van der Waals surface area contributed by atoms with Crippen LogP contribution in [0.25, 0.3) is 0 Å². The van der Waals surface area contributed by atoms with Crippen molar-refractivity contribution < 1.29 is 0 Å². The monoisotopic (exact) mass is 240 g/mol. The fraction of sp³-hybridized carbons (Fsp3) is 1.00. The van der Waals surface area contributed by atoms with E-state index in [-0.39, 0.29) is 0 Å². The minimum Gasteiger partial charge on any atom is -0.316 e. The molecule has 2 N–H and O–H groups in total. The van der Waals surface area contributed by atoms with Crippen LogP contribution in [0.4, 0.5) is 0 Å². The highest BCUT2D eigenvalue weighted by atomic mass is 15.3. The van der Waals surface area contributed by atoms with E-state index in [1.807, 2.05) is 0 Å². The number of hydrogen-bond donors (Lipinski definition) is 2. The van der Waals surface area contributed by atoms with Crippen LogP contribution in [0, 0.1) is 5.92 Å². The quantitative estimate of drug-likeness (QED) is 0.714. The number of piperazine rings is 1. The van der Waals surface area contributed by atoms with Gasteiger partial charge in [-0.3, -0.25) is 4.90 Å². The minimum atomic E-state index is 0.685. The summed E-state index contributed by atoms with van der Waals surface area (Å²) in [6.07, 6.45) is 2.73. The number of nitrogens with zero attached hydrogens (tertiary/aromatic N) is 2. The van der Waals surface area contributed by atoms with Crippen molar-refractivity contribution in [3.8, 4) is 0 Å². The predicted octanol–water partition coefficient (Wildman–Crippen LogP) is -0.179. The van der Waals surface area contributed by atoms with Gasteiger partial charge in [-0.25, -0.2) is 0 Å². The van der Waals surface area contributed by atoms with E-state index in [0.717, 1.165) is 12.5 Å². The van der Waals surface area contributed by atoms with Crippen molar-refractivity contribution in [2.45, 2.75) is 18.9 Å². The largest absolute Gasteiger partial charge is 0.316 e. The third-order valence-electron chi connectivity index (χ3n) is 4.19. The Morgan fingerprint density at radius 3 is 2.88 bits per heavy atom.